The van der Waals surface area contributed by atoms with Gasteiger partial charge in [-0.2, -0.15) is 0 Å². The van der Waals surface area contributed by atoms with Crippen molar-refractivity contribution >= 4 is 11.6 Å². The molecule has 1 aliphatic heterocycles. The number of likely N-dealkylation sites (N-methyl/N-ethyl adjacent to an activating group) is 1. The van der Waals surface area contributed by atoms with Gasteiger partial charge in [-0.1, -0.05) is 53.7 Å². The lowest BCUT2D eigenvalue weighted by Gasteiger charge is -2.27. The monoisotopic (exact) mass is 259 g/mol. The number of fused-ring (bicyclic) bond motifs is 1. The van der Waals surface area contributed by atoms with Crippen LogP contribution in [0.1, 0.15) is 58.6 Å². The van der Waals surface area contributed by atoms with Crippen molar-refractivity contribution < 1.29 is 4.79 Å². The molecule has 1 unspecified atom stereocenters. The lowest BCUT2D eigenvalue weighted by atomic mass is 9.75. The minimum absolute atomic E-state index is 0.0326. The zero-order valence-electron chi connectivity index (χ0n) is 13.2. The zero-order chi connectivity index (χ0) is 14.6. The van der Waals surface area contributed by atoms with Gasteiger partial charge < -0.3 is 4.90 Å². The second kappa shape index (κ2) is 4.09. The predicted octanol–water partition coefficient (Wildman–Crippen LogP) is 4.09. The second-order valence-corrected chi connectivity index (χ2v) is 7.72. The number of rotatable bonds is 0. The molecule has 0 bridgehead atoms. The maximum absolute atomic E-state index is 12.5. The fourth-order valence-corrected chi connectivity index (χ4v) is 2.84. The Kier molecular flexibility index (Phi) is 3.04. The first-order valence-corrected chi connectivity index (χ1v) is 6.95. The Hall–Kier alpha value is -1.31. The third-order valence-corrected chi connectivity index (χ3v) is 4.01. The van der Waals surface area contributed by atoms with Crippen LogP contribution in [0.4, 0.5) is 5.69 Å². The molecule has 104 valence electrons. The molecule has 0 radical (unpaired) electrons. The van der Waals surface area contributed by atoms with Crippen molar-refractivity contribution in [2.24, 2.45) is 5.41 Å². The summed E-state index contributed by atoms with van der Waals surface area (Å²) in [5.41, 5.74) is 3.61. The number of benzene rings is 1. The van der Waals surface area contributed by atoms with E-state index in [0.29, 0.717) is 0 Å². The molecule has 1 aromatic carbocycles. The fraction of sp³-hybridized carbons (Fsp3) is 0.588. The molecule has 19 heavy (non-hydrogen) atoms. The van der Waals surface area contributed by atoms with E-state index in [0.717, 1.165) is 5.69 Å². The van der Waals surface area contributed by atoms with Crippen LogP contribution in [0.3, 0.4) is 0 Å². The van der Waals surface area contributed by atoms with E-state index in [2.05, 4.69) is 59.7 Å². The molecule has 1 atom stereocenters. The Morgan fingerprint density at radius 3 is 2.11 bits per heavy atom. The van der Waals surface area contributed by atoms with Crippen molar-refractivity contribution in [3.8, 4) is 0 Å². The highest BCUT2D eigenvalue weighted by molar-refractivity contribution is 6.05. The van der Waals surface area contributed by atoms with Crippen LogP contribution in [0, 0.1) is 5.41 Å². The quantitative estimate of drug-likeness (QED) is 0.687. The van der Waals surface area contributed by atoms with E-state index in [9.17, 15) is 4.79 Å². The highest BCUT2D eigenvalue weighted by atomic mass is 16.2. The summed E-state index contributed by atoms with van der Waals surface area (Å²) in [5, 5.41) is 0. The first kappa shape index (κ1) is 14.1. The Morgan fingerprint density at radius 2 is 1.63 bits per heavy atom. The van der Waals surface area contributed by atoms with Gasteiger partial charge in [0.05, 0.1) is 5.92 Å². The van der Waals surface area contributed by atoms with Gasteiger partial charge in [-0.25, -0.2) is 0 Å². The van der Waals surface area contributed by atoms with E-state index in [1.165, 1.54) is 11.1 Å². The van der Waals surface area contributed by atoms with Crippen molar-refractivity contribution in [3.63, 3.8) is 0 Å². The van der Waals surface area contributed by atoms with E-state index in [-0.39, 0.29) is 22.7 Å². The molecule has 2 rings (SSSR count). The Balaban J connectivity index is 2.60. The van der Waals surface area contributed by atoms with E-state index >= 15 is 0 Å². The summed E-state index contributed by atoms with van der Waals surface area (Å²) in [5.74, 6) is 0.184. The molecule has 0 aromatic heterocycles. The van der Waals surface area contributed by atoms with Crippen LogP contribution in [0.25, 0.3) is 0 Å². The number of carbonyl (C=O) groups excluding carboxylic acids is 1. The number of carbonyl (C=O) groups is 1. The number of nitrogens with zero attached hydrogens (tertiary/aromatic N) is 1. The summed E-state index contributed by atoms with van der Waals surface area (Å²) in [7, 11) is 1.88. The van der Waals surface area contributed by atoms with Crippen molar-refractivity contribution in [2.45, 2.75) is 52.9 Å². The summed E-state index contributed by atoms with van der Waals surface area (Å²) in [6.07, 6.45) is 0. The standard InChI is InChI=1S/C17H25NO/c1-16(2,3)11-8-9-13-12(10-11)14(17(4,5)6)15(19)18(13)7/h8-10,14H,1-7H3. The van der Waals surface area contributed by atoms with Gasteiger partial charge in [0.2, 0.25) is 5.91 Å². The van der Waals surface area contributed by atoms with Crippen LogP contribution < -0.4 is 4.90 Å². The number of anilines is 1. The highest BCUT2D eigenvalue weighted by Gasteiger charge is 2.42. The normalized spacial score (nSPS) is 19.8. The summed E-state index contributed by atoms with van der Waals surface area (Å²) in [4.78, 5) is 14.3. The average molecular weight is 259 g/mol. The van der Waals surface area contributed by atoms with Gasteiger partial charge in [-0.3, -0.25) is 4.79 Å². The van der Waals surface area contributed by atoms with Gasteiger partial charge in [0, 0.05) is 12.7 Å². The summed E-state index contributed by atoms with van der Waals surface area (Å²) in [6, 6.07) is 6.47. The first-order valence-electron chi connectivity index (χ1n) is 6.95. The molecule has 0 saturated carbocycles. The number of amides is 1. The van der Waals surface area contributed by atoms with E-state index in [1.54, 1.807) is 4.90 Å². The molecular formula is C17H25NO. The largest absolute Gasteiger partial charge is 0.315 e. The lowest BCUT2D eigenvalue weighted by Crippen LogP contribution is -2.30. The topological polar surface area (TPSA) is 20.3 Å². The molecule has 2 nitrogen and oxygen atoms in total. The summed E-state index contributed by atoms with van der Waals surface area (Å²) in [6.45, 7) is 13.1. The number of hydrogen-bond acceptors (Lipinski definition) is 1. The van der Waals surface area contributed by atoms with Crippen LogP contribution in [-0.2, 0) is 10.2 Å². The molecule has 0 N–H and O–H groups in total. The molecule has 0 saturated heterocycles. The Labute approximate surface area is 116 Å². The van der Waals surface area contributed by atoms with E-state index < -0.39 is 0 Å². The molecule has 0 aliphatic carbocycles. The minimum atomic E-state index is -0.0485. The Bertz CT molecular complexity index is 517. The zero-order valence-corrected chi connectivity index (χ0v) is 13.2. The molecular weight excluding hydrogens is 234 g/mol. The van der Waals surface area contributed by atoms with Gasteiger partial charge in [-0.05, 0) is 28.0 Å². The third kappa shape index (κ3) is 2.29. The van der Waals surface area contributed by atoms with Gasteiger partial charge >= 0.3 is 0 Å². The van der Waals surface area contributed by atoms with Crippen LogP contribution in [0.15, 0.2) is 18.2 Å². The minimum Gasteiger partial charge on any atom is -0.315 e. The lowest BCUT2D eigenvalue weighted by molar-refractivity contribution is -0.121. The van der Waals surface area contributed by atoms with E-state index in [4.69, 9.17) is 0 Å². The van der Waals surface area contributed by atoms with Crippen molar-refractivity contribution in [3.05, 3.63) is 29.3 Å². The molecule has 0 spiro atoms. The van der Waals surface area contributed by atoms with Gasteiger partial charge in [0.1, 0.15) is 0 Å². The van der Waals surface area contributed by atoms with Crippen LogP contribution in [0.2, 0.25) is 0 Å². The van der Waals surface area contributed by atoms with Crippen molar-refractivity contribution in [2.75, 3.05) is 11.9 Å². The predicted molar refractivity (Wildman–Crippen MR) is 80.7 cm³/mol. The first-order chi connectivity index (χ1) is 8.53. The van der Waals surface area contributed by atoms with E-state index in [1.807, 2.05) is 7.05 Å². The summed E-state index contributed by atoms with van der Waals surface area (Å²) < 4.78 is 0. The molecule has 1 heterocycles. The second-order valence-electron chi connectivity index (χ2n) is 7.72. The van der Waals surface area contributed by atoms with Crippen molar-refractivity contribution in [1.29, 1.82) is 0 Å². The molecule has 1 aromatic rings. The molecule has 2 heteroatoms. The fourth-order valence-electron chi connectivity index (χ4n) is 2.84. The van der Waals surface area contributed by atoms with Crippen LogP contribution >= 0.6 is 0 Å². The van der Waals surface area contributed by atoms with Gasteiger partial charge in [0.15, 0.2) is 0 Å². The number of hydrogen-bond donors (Lipinski definition) is 0. The Morgan fingerprint density at radius 1 is 1.05 bits per heavy atom. The maximum Gasteiger partial charge on any atom is 0.234 e. The SMILES string of the molecule is CN1C(=O)C(C(C)(C)C)c2cc(C(C)(C)C)ccc21. The third-order valence-electron chi connectivity index (χ3n) is 4.01. The smallest absolute Gasteiger partial charge is 0.234 e. The molecule has 0 fully saturated rings. The van der Waals surface area contributed by atoms with Gasteiger partial charge in [0.25, 0.3) is 0 Å². The summed E-state index contributed by atoms with van der Waals surface area (Å²) >= 11 is 0. The van der Waals surface area contributed by atoms with Crippen LogP contribution in [0.5, 0.6) is 0 Å². The van der Waals surface area contributed by atoms with Gasteiger partial charge in [-0.15, -0.1) is 0 Å². The highest BCUT2D eigenvalue weighted by Crippen LogP contribution is 2.47. The molecule has 1 amide bonds. The molecule has 1 aliphatic rings. The van der Waals surface area contributed by atoms with Crippen molar-refractivity contribution in [1.82, 2.24) is 0 Å². The maximum atomic E-state index is 12.5. The van der Waals surface area contributed by atoms with Crippen LogP contribution in [-0.4, -0.2) is 13.0 Å². The average Bonchev–Trinajstić information content (AvgIpc) is 2.49.